The summed E-state index contributed by atoms with van der Waals surface area (Å²) >= 11 is 12.4. The van der Waals surface area contributed by atoms with Gasteiger partial charge in [-0.25, -0.2) is 22.0 Å². The van der Waals surface area contributed by atoms with E-state index in [2.05, 4.69) is 0 Å². The molecule has 0 saturated carbocycles. The normalized spacial score (nSPS) is 14.6. The molecule has 0 unspecified atom stereocenters. The fourth-order valence-corrected chi connectivity index (χ4v) is 6.25. The number of rotatable bonds is 3. The summed E-state index contributed by atoms with van der Waals surface area (Å²) < 4.78 is 50.8. The van der Waals surface area contributed by atoms with Crippen LogP contribution in [0.4, 0.5) is 5.69 Å². The molecular formula is C16H16Cl2N2O4S2. The number of anilines is 1. The molecule has 1 aliphatic rings. The molecule has 10 heteroatoms. The van der Waals surface area contributed by atoms with E-state index < -0.39 is 20.0 Å². The van der Waals surface area contributed by atoms with Crippen molar-refractivity contribution in [1.82, 2.24) is 0 Å². The van der Waals surface area contributed by atoms with Gasteiger partial charge in [0, 0.05) is 11.6 Å². The second kappa shape index (κ2) is 6.38. The molecule has 0 atom stereocenters. The van der Waals surface area contributed by atoms with Crippen molar-refractivity contribution in [2.24, 2.45) is 5.14 Å². The minimum atomic E-state index is -3.97. The van der Waals surface area contributed by atoms with Crippen LogP contribution >= 0.6 is 23.2 Å². The van der Waals surface area contributed by atoms with Crippen LogP contribution in [0.25, 0.3) is 0 Å². The first-order chi connectivity index (χ1) is 11.9. The highest BCUT2D eigenvalue weighted by atomic mass is 35.5. The van der Waals surface area contributed by atoms with E-state index in [1.807, 2.05) is 0 Å². The number of aryl methyl sites for hydroxylation is 1. The highest BCUT2D eigenvalue weighted by molar-refractivity contribution is 7.93. The molecule has 0 aromatic heterocycles. The number of primary sulfonamides is 1. The SMILES string of the molecule is Cc1cc(Cl)c(C)c(S(=O)(=O)N2CCc3cc(S(N)(=O)=O)ccc32)c1Cl. The molecule has 2 N–H and O–H groups in total. The fraction of sp³-hybridized carbons (Fsp3) is 0.250. The Hall–Kier alpha value is -1.32. The standard InChI is InChI=1S/C16H16Cl2N2O4S2/c1-9-7-13(17)10(2)16(15(9)18)26(23,24)20-6-5-11-8-12(25(19,21)22)3-4-14(11)20/h3-4,7-8H,5-6H2,1-2H3,(H2,19,21,22). The molecule has 140 valence electrons. The van der Waals surface area contributed by atoms with Gasteiger partial charge in [0.1, 0.15) is 4.90 Å². The quantitative estimate of drug-likeness (QED) is 0.802. The lowest BCUT2D eigenvalue weighted by molar-refractivity contribution is 0.591. The predicted molar refractivity (Wildman–Crippen MR) is 102 cm³/mol. The number of nitrogens with zero attached hydrogens (tertiary/aromatic N) is 1. The van der Waals surface area contributed by atoms with Crippen LogP contribution in [0.2, 0.25) is 10.0 Å². The smallest absolute Gasteiger partial charge is 0.266 e. The molecule has 6 nitrogen and oxygen atoms in total. The van der Waals surface area contributed by atoms with Crippen molar-refractivity contribution in [3.8, 4) is 0 Å². The zero-order valence-corrected chi connectivity index (χ0v) is 17.1. The van der Waals surface area contributed by atoms with E-state index in [1.165, 1.54) is 22.5 Å². The highest BCUT2D eigenvalue weighted by Gasteiger charge is 2.35. The Labute approximate surface area is 162 Å². The molecule has 2 aromatic carbocycles. The lowest BCUT2D eigenvalue weighted by Crippen LogP contribution is -2.30. The molecule has 1 heterocycles. The molecule has 1 aliphatic heterocycles. The maximum atomic E-state index is 13.3. The number of nitrogens with two attached hydrogens (primary N) is 1. The number of hydrogen-bond acceptors (Lipinski definition) is 4. The van der Waals surface area contributed by atoms with Crippen molar-refractivity contribution < 1.29 is 16.8 Å². The zero-order chi connectivity index (χ0) is 19.4. The Morgan fingerprint density at radius 1 is 1.08 bits per heavy atom. The fourth-order valence-electron chi connectivity index (χ4n) is 3.01. The summed E-state index contributed by atoms with van der Waals surface area (Å²) in [6, 6.07) is 5.76. The molecule has 0 fully saturated rings. The maximum absolute atomic E-state index is 13.3. The molecule has 0 radical (unpaired) electrons. The Balaban J connectivity index is 2.17. The molecule has 0 bridgehead atoms. The lowest BCUT2D eigenvalue weighted by Gasteiger charge is -2.22. The van der Waals surface area contributed by atoms with Gasteiger partial charge in [-0.1, -0.05) is 23.2 Å². The Bertz CT molecular complexity index is 1100. The average molecular weight is 435 g/mol. The van der Waals surface area contributed by atoms with Crippen molar-refractivity contribution in [1.29, 1.82) is 0 Å². The molecule has 2 aromatic rings. The Morgan fingerprint density at radius 3 is 2.35 bits per heavy atom. The minimum Gasteiger partial charge on any atom is -0.266 e. The average Bonchev–Trinajstić information content (AvgIpc) is 2.96. The van der Waals surface area contributed by atoms with Gasteiger partial charge < -0.3 is 0 Å². The van der Waals surface area contributed by atoms with Crippen molar-refractivity contribution in [2.75, 3.05) is 10.8 Å². The summed E-state index contributed by atoms with van der Waals surface area (Å²) in [6.07, 6.45) is 0.369. The summed E-state index contributed by atoms with van der Waals surface area (Å²) in [4.78, 5) is -0.0872. The number of halogens is 2. The van der Waals surface area contributed by atoms with Gasteiger partial charge >= 0.3 is 0 Å². The van der Waals surface area contributed by atoms with Crippen LogP contribution in [0.15, 0.2) is 34.1 Å². The van der Waals surface area contributed by atoms with Crippen LogP contribution < -0.4 is 9.44 Å². The molecule has 3 rings (SSSR count). The summed E-state index contributed by atoms with van der Waals surface area (Å²) in [5.41, 5.74) is 1.93. The molecular weight excluding hydrogens is 419 g/mol. The number of fused-ring (bicyclic) bond motifs is 1. The van der Waals surface area contributed by atoms with Crippen LogP contribution in [-0.4, -0.2) is 23.4 Å². The van der Waals surface area contributed by atoms with Crippen LogP contribution in [0, 0.1) is 13.8 Å². The van der Waals surface area contributed by atoms with Crippen LogP contribution in [0.1, 0.15) is 16.7 Å². The Kier molecular flexibility index (Phi) is 4.77. The third-order valence-corrected chi connectivity index (χ3v) is 8.26. The van der Waals surface area contributed by atoms with Gasteiger partial charge in [0.15, 0.2) is 0 Å². The molecule has 26 heavy (non-hydrogen) atoms. The Morgan fingerprint density at radius 2 is 1.73 bits per heavy atom. The van der Waals surface area contributed by atoms with Gasteiger partial charge in [-0.05, 0) is 61.2 Å². The predicted octanol–water partition coefficient (Wildman–Crippen LogP) is 3.01. The summed E-state index contributed by atoms with van der Waals surface area (Å²) in [5, 5.41) is 5.58. The first-order valence-electron chi connectivity index (χ1n) is 7.58. The second-order valence-corrected chi connectivity index (χ2v) is 10.3. The van der Waals surface area contributed by atoms with E-state index in [0.29, 0.717) is 33.8 Å². The monoisotopic (exact) mass is 434 g/mol. The zero-order valence-electron chi connectivity index (χ0n) is 14.0. The van der Waals surface area contributed by atoms with Crippen LogP contribution in [0.5, 0.6) is 0 Å². The van der Waals surface area contributed by atoms with Gasteiger partial charge in [0.05, 0.1) is 15.6 Å². The first kappa shape index (κ1) is 19.4. The van der Waals surface area contributed by atoms with E-state index in [1.54, 1.807) is 19.9 Å². The van der Waals surface area contributed by atoms with E-state index in [9.17, 15) is 16.8 Å². The first-order valence-corrected chi connectivity index (χ1v) is 11.3. The van der Waals surface area contributed by atoms with Gasteiger partial charge in [-0.2, -0.15) is 0 Å². The number of benzene rings is 2. The largest absolute Gasteiger partial charge is 0.266 e. The maximum Gasteiger partial charge on any atom is 0.266 e. The minimum absolute atomic E-state index is 0.0347. The van der Waals surface area contributed by atoms with Crippen molar-refractivity contribution >= 4 is 48.9 Å². The van der Waals surface area contributed by atoms with E-state index in [0.717, 1.165) is 0 Å². The highest BCUT2D eigenvalue weighted by Crippen LogP contribution is 2.39. The van der Waals surface area contributed by atoms with Crippen molar-refractivity contribution in [2.45, 2.75) is 30.1 Å². The van der Waals surface area contributed by atoms with Gasteiger partial charge in [0.25, 0.3) is 10.0 Å². The van der Waals surface area contributed by atoms with Crippen molar-refractivity contribution in [3.63, 3.8) is 0 Å². The topological polar surface area (TPSA) is 97.5 Å². The van der Waals surface area contributed by atoms with Gasteiger partial charge in [-0.15, -0.1) is 0 Å². The summed E-state index contributed by atoms with van der Waals surface area (Å²) in [7, 11) is -7.83. The van der Waals surface area contributed by atoms with Crippen LogP contribution in [-0.2, 0) is 26.5 Å². The number of sulfonamides is 2. The summed E-state index contributed by atoms with van der Waals surface area (Å²) in [6.45, 7) is 3.46. The molecule has 0 spiro atoms. The van der Waals surface area contributed by atoms with E-state index >= 15 is 0 Å². The van der Waals surface area contributed by atoms with Crippen molar-refractivity contribution in [3.05, 3.63) is 51.0 Å². The van der Waals surface area contributed by atoms with Gasteiger partial charge in [0.2, 0.25) is 10.0 Å². The molecule has 0 aliphatic carbocycles. The lowest BCUT2D eigenvalue weighted by atomic mass is 10.2. The van der Waals surface area contributed by atoms with E-state index in [-0.39, 0.29) is 21.4 Å². The molecule has 0 saturated heterocycles. The summed E-state index contributed by atoms with van der Waals surface area (Å²) in [5.74, 6) is 0. The van der Waals surface area contributed by atoms with Crippen LogP contribution in [0.3, 0.4) is 0 Å². The third-order valence-electron chi connectivity index (χ3n) is 4.37. The van der Waals surface area contributed by atoms with E-state index in [4.69, 9.17) is 28.3 Å². The third kappa shape index (κ3) is 3.10. The molecule has 0 amide bonds. The number of hydrogen-bond donors (Lipinski definition) is 1. The second-order valence-electron chi connectivity index (χ2n) is 6.11. The van der Waals surface area contributed by atoms with Gasteiger partial charge in [-0.3, -0.25) is 4.31 Å².